The van der Waals surface area contributed by atoms with Crippen molar-refractivity contribution >= 4 is 16.0 Å². The van der Waals surface area contributed by atoms with Crippen LogP contribution in [0.4, 0.5) is 0 Å². The first-order valence-electron chi connectivity index (χ1n) is 6.63. The second kappa shape index (κ2) is 6.29. The number of sulfonamides is 1. The molecular weight excluding hydrogens is 302 g/mol. The van der Waals surface area contributed by atoms with Gasteiger partial charge in [0.1, 0.15) is 6.61 Å². The van der Waals surface area contributed by atoms with E-state index in [1.807, 2.05) is 31.2 Å². The molecular formula is C16H17NO4S. The van der Waals surface area contributed by atoms with E-state index in [0.717, 1.165) is 11.1 Å². The predicted molar refractivity (Wildman–Crippen MR) is 82.9 cm³/mol. The second-order valence-electron chi connectivity index (χ2n) is 5.08. The van der Waals surface area contributed by atoms with Gasteiger partial charge in [-0.2, -0.15) is 0 Å². The number of ether oxygens (including phenoxy) is 1. The zero-order valence-corrected chi connectivity index (χ0v) is 13.2. The van der Waals surface area contributed by atoms with Crippen molar-refractivity contribution < 1.29 is 17.9 Å². The minimum Gasteiger partial charge on any atom is -0.457 e. The monoisotopic (exact) mass is 319 g/mol. The van der Waals surface area contributed by atoms with Crippen molar-refractivity contribution in [3.05, 3.63) is 64.7 Å². The van der Waals surface area contributed by atoms with Gasteiger partial charge in [-0.3, -0.25) is 0 Å². The van der Waals surface area contributed by atoms with Gasteiger partial charge in [0, 0.05) is 0 Å². The Hall–Kier alpha value is -2.18. The van der Waals surface area contributed by atoms with E-state index < -0.39 is 16.0 Å². The Kier molecular flexibility index (Phi) is 4.63. The van der Waals surface area contributed by atoms with Gasteiger partial charge in [-0.05, 0) is 37.1 Å². The summed E-state index contributed by atoms with van der Waals surface area (Å²) in [5.74, 6) is -0.580. The summed E-state index contributed by atoms with van der Waals surface area (Å²) in [6, 6.07) is 11.7. The fourth-order valence-electron chi connectivity index (χ4n) is 1.91. The van der Waals surface area contributed by atoms with Crippen molar-refractivity contribution in [1.82, 2.24) is 0 Å². The summed E-state index contributed by atoms with van der Waals surface area (Å²) >= 11 is 0. The average Bonchev–Trinajstić information content (AvgIpc) is 2.45. The highest BCUT2D eigenvalue weighted by atomic mass is 32.2. The van der Waals surface area contributed by atoms with E-state index in [-0.39, 0.29) is 17.1 Å². The molecule has 2 aromatic carbocycles. The van der Waals surface area contributed by atoms with E-state index in [2.05, 4.69) is 0 Å². The molecule has 0 aliphatic carbocycles. The van der Waals surface area contributed by atoms with Crippen LogP contribution in [0.3, 0.4) is 0 Å². The number of hydrogen-bond acceptors (Lipinski definition) is 4. The number of carbonyl (C=O) groups excluding carboxylic acids is 1. The zero-order chi connectivity index (χ0) is 16.3. The number of primary sulfonamides is 1. The van der Waals surface area contributed by atoms with Crippen LogP contribution in [0.15, 0.2) is 47.4 Å². The smallest absolute Gasteiger partial charge is 0.338 e. The molecule has 0 radical (unpaired) electrons. The summed E-state index contributed by atoms with van der Waals surface area (Å²) in [6.45, 7) is 3.80. The van der Waals surface area contributed by atoms with Crippen molar-refractivity contribution in [2.75, 3.05) is 0 Å². The summed E-state index contributed by atoms with van der Waals surface area (Å²) in [7, 11) is -3.86. The van der Waals surface area contributed by atoms with Gasteiger partial charge < -0.3 is 4.74 Å². The van der Waals surface area contributed by atoms with E-state index in [1.54, 1.807) is 6.92 Å². The molecule has 22 heavy (non-hydrogen) atoms. The van der Waals surface area contributed by atoms with Gasteiger partial charge in [0.05, 0.1) is 10.5 Å². The highest BCUT2D eigenvalue weighted by Crippen LogP contribution is 2.16. The summed E-state index contributed by atoms with van der Waals surface area (Å²) in [6.07, 6.45) is 0. The van der Waals surface area contributed by atoms with E-state index in [0.29, 0.717) is 5.56 Å². The van der Waals surface area contributed by atoms with E-state index in [9.17, 15) is 13.2 Å². The van der Waals surface area contributed by atoms with Crippen molar-refractivity contribution in [1.29, 1.82) is 0 Å². The lowest BCUT2D eigenvalue weighted by Gasteiger charge is -2.09. The van der Waals surface area contributed by atoms with Gasteiger partial charge in [-0.1, -0.05) is 35.9 Å². The Bertz CT molecular complexity index is 795. The average molecular weight is 319 g/mol. The van der Waals surface area contributed by atoms with Crippen molar-refractivity contribution in [3.8, 4) is 0 Å². The third-order valence-electron chi connectivity index (χ3n) is 3.25. The fraction of sp³-hybridized carbons (Fsp3) is 0.188. The summed E-state index contributed by atoms with van der Waals surface area (Å²) in [5, 5.41) is 5.08. The van der Waals surface area contributed by atoms with Crippen LogP contribution < -0.4 is 5.14 Å². The van der Waals surface area contributed by atoms with Crippen LogP contribution in [-0.2, 0) is 21.4 Å². The van der Waals surface area contributed by atoms with Crippen molar-refractivity contribution in [2.24, 2.45) is 5.14 Å². The third kappa shape index (κ3) is 3.93. The Morgan fingerprint density at radius 1 is 1.09 bits per heavy atom. The normalized spacial score (nSPS) is 11.2. The van der Waals surface area contributed by atoms with Crippen LogP contribution in [0.1, 0.15) is 27.0 Å². The van der Waals surface area contributed by atoms with Gasteiger partial charge >= 0.3 is 5.97 Å². The Morgan fingerprint density at radius 2 is 1.73 bits per heavy atom. The maximum absolute atomic E-state index is 12.1. The number of aryl methyl sites for hydroxylation is 2. The summed E-state index contributed by atoms with van der Waals surface area (Å²) in [5.41, 5.74) is 2.80. The highest BCUT2D eigenvalue weighted by Gasteiger charge is 2.16. The minimum atomic E-state index is -3.86. The molecule has 2 aromatic rings. The second-order valence-corrected chi connectivity index (χ2v) is 6.64. The quantitative estimate of drug-likeness (QED) is 0.876. The van der Waals surface area contributed by atoms with Crippen molar-refractivity contribution in [3.63, 3.8) is 0 Å². The number of benzene rings is 2. The number of nitrogens with two attached hydrogens (primary N) is 1. The lowest BCUT2D eigenvalue weighted by atomic mass is 10.1. The summed E-state index contributed by atoms with van der Waals surface area (Å²) in [4.78, 5) is 12.0. The molecule has 0 fully saturated rings. The number of hydrogen-bond donors (Lipinski definition) is 1. The van der Waals surface area contributed by atoms with Crippen LogP contribution in [0.5, 0.6) is 0 Å². The van der Waals surface area contributed by atoms with E-state index in [4.69, 9.17) is 9.88 Å². The van der Waals surface area contributed by atoms with E-state index in [1.165, 1.54) is 18.2 Å². The van der Waals surface area contributed by atoms with Crippen molar-refractivity contribution in [2.45, 2.75) is 25.3 Å². The Labute approximate surface area is 129 Å². The standard InChI is InChI=1S/C16H17NO4S/c1-11-3-6-13(7-4-11)10-21-16(18)15-9-14(22(17,19)20)8-5-12(15)2/h3-9H,10H2,1-2H3,(H2,17,19,20). The maximum Gasteiger partial charge on any atom is 0.338 e. The molecule has 2 N–H and O–H groups in total. The zero-order valence-electron chi connectivity index (χ0n) is 12.4. The van der Waals surface area contributed by atoms with Crippen LogP contribution in [0.25, 0.3) is 0 Å². The number of rotatable bonds is 4. The first kappa shape index (κ1) is 16.2. The molecule has 0 bridgehead atoms. The first-order valence-corrected chi connectivity index (χ1v) is 8.18. The third-order valence-corrected chi connectivity index (χ3v) is 4.16. The molecule has 0 aliphatic rings. The largest absolute Gasteiger partial charge is 0.457 e. The van der Waals surface area contributed by atoms with Crippen LogP contribution in [0.2, 0.25) is 0 Å². The topological polar surface area (TPSA) is 86.5 Å². The molecule has 0 aliphatic heterocycles. The summed E-state index contributed by atoms with van der Waals surface area (Å²) < 4.78 is 27.9. The van der Waals surface area contributed by atoms with Crippen LogP contribution in [-0.4, -0.2) is 14.4 Å². The molecule has 0 saturated heterocycles. The molecule has 0 saturated carbocycles. The number of carbonyl (C=O) groups is 1. The number of esters is 1. The first-order chi connectivity index (χ1) is 10.3. The molecule has 0 spiro atoms. The molecule has 6 heteroatoms. The van der Waals surface area contributed by atoms with Gasteiger partial charge in [0.2, 0.25) is 10.0 Å². The van der Waals surface area contributed by atoms with E-state index >= 15 is 0 Å². The molecule has 0 atom stereocenters. The molecule has 116 valence electrons. The maximum atomic E-state index is 12.1. The van der Waals surface area contributed by atoms with Gasteiger partial charge in [-0.25, -0.2) is 18.4 Å². The van der Waals surface area contributed by atoms with Crippen LogP contribution >= 0.6 is 0 Å². The minimum absolute atomic E-state index is 0.111. The Morgan fingerprint density at radius 3 is 2.32 bits per heavy atom. The Balaban J connectivity index is 2.17. The highest BCUT2D eigenvalue weighted by molar-refractivity contribution is 7.89. The lowest BCUT2D eigenvalue weighted by molar-refractivity contribution is 0.0471. The van der Waals surface area contributed by atoms with Gasteiger partial charge in [0.25, 0.3) is 0 Å². The lowest BCUT2D eigenvalue weighted by Crippen LogP contribution is -2.14. The SMILES string of the molecule is Cc1ccc(COC(=O)c2cc(S(N)(=O)=O)ccc2C)cc1. The van der Waals surface area contributed by atoms with Gasteiger partial charge in [0.15, 0.2) is 0 Å². The molecule has 0 amide bonds. The fourth-order valence-corrected chi connectivity index (χ4v) is 2.45. The molecule has 0 heterocycles. The van der Waals surface area contributed by atoms with Crippen LogP contribution in [0, 0.1) is 13.8 Å². The molecule has 5 nitrogen and oxygen atoms in total. The molecule has 0 aromatic heterocycles. The van der Waals surface area contributed by atoms with Gasteiger partial charge in [-0.15, -0.1) is 0 Å². The predicted octanol–water partition coefficient (Wildman–Crippen LogP) is 2.31. The molecule has 2 rings (SSSR count). The molecule has 0 unspecified atom stereocenters.